The van der Waals surface area contributed by atoms with Crippen LogP contribution in [0.4, 0.5) is 17.5 Å². The topological polar surface area (TPSA) is 75.1 Å². The molecule has 0 bridgehead atoms. The van der Waals surface area contributed by atoms with Gasteiger partial charge < -0.3 is 15.5 Å². The summed E-state index contributed by atoms with van der Waals surface area (Å²) in [6, 6.07) is 11.7. The standard InChI is InChI=1S/C26H38N6O/c1-18(2)16-31(17-19(3)4)24-13-12-23-25(30-24)32(15-7-14-27-6)26(29-23)28-22-10-8-21(9-11-22)20(5)33/h8-13,18-19,27H,7,14-17H2,1-6H3,(H,28,29). The molecule has 0 unspecified atom stereocenters. The highest BCUT2D eigenvalue weighted by atomic mass is 16.1. The molecule has 0 saturated heterocycles. The van der Waals surface area contributed by atoms with Crippen LogP contribution in [0.25, 0.3) is 11.2 Å². The molecule has 7 heteroatoms. The first-order valence-corrected chi connectivity index (χ1v) is 11.9. The van der Waals surface area contributed by atoms with Gasteiger partial charge in [-0.1, -0.05) is 27.7 Å². The fourth-order valence-corrected chi connectivity index (χ4v) is 3.95. The molecule has 2 N–H and O–H groups in total. The predicted octanol–water partition coefficient (Wildman–Crippen LogP) is 5.11. The van der Waals surface area contributed by atoms with Crippen molar-refractivity contribution in [3.05, 3.63) is 42.0 Å². The Labute approximate surface area is 197 Å². The zero-order valence-electron chi connectivity index (χ0n) is 20.9. The Morgan fingerprint density at radius 2 is 1.67 bits per heavy atom. The number of benzene rings is 1. The van der Waals surface area contributed by atoms with E-state index in [9.17, 15) is 4.79 Å². The lowest BCUT2D eigenvalue weighted by molar-refractivity contribution is 0.101. The molecule has 0 spiro atoms. The third-order valence-electron chi connectivity index (χ3n) is 5.43. The van der Waals surface area contributed by atoms with Gasteiger partial charge in [-0.2, -0.15) is 0 Å². The van der Waals surface area contributed by atoms with Crippen LogP contribution < -0.4 is 15.5 Å². The quantitative estimate of drug-likeness (QED) is 0.295. The van der Waals surface area contributed by atoms with E-state index in [1.807, 2.05) is 31.3 Å². The van der Waals surface area contributed by atoms with E-state index in [0.29, 0.717) is 17.4 Å². The Morgan fingerprint density at radius 3 is 2.24 bits per heavy atom. The van der Waals surface area contributed by atoms with Crippen molar-refractivity contribution in [3.63, 3.8) is 0 Å². The van der Waals surface area contributed by atoms with Crippen LogP contribution in [0.15, 0.2) is 36.4 Å². The maximum atomic E-state index is 11.6. The normalized spacial score (nSPS) is 11.5. The van der Waals surface area contributed by atoms with Gasteiger partial charge in [0.05, 0.1) is 0 Å². The molecule has 2 aromatic heterocycles. The van der Waals surface area contributed by atoms with Gasteiger partial charge >= 0.3 is 0 Å². The van der Waals surface area contributed by atoms with Crippen molar-refractivity contribution in [2.24, 2.45) is 11.8 Å². The molecule has 2 heterocycles. The van der Waals surface area contributed by atoms with E-state index in [0.717, 1.165) is 61.2 Å². The summed E-state index contributed by atoms with van der Waals surface area (Å²) in [6.45, 7) is 14.2. The number of nitrogens with zero attached hydrogens (tertiary/aromatic N) is 4. The second-order valence-corrected chi connectivity index (χ2v) is 9.51. The van der Waals surface area contributed by atoms with Crippen molar-refractivity contribution >= 4 is 34.4 Å². The zero-order chi connectivity index (χ0) is 24.0. The van der Waals surface area contributed by atoms with Gasteiger partial charge in [0.2, 0.25) is 5.95 Å². The average Bonchev–Trinajstić information content (AvgIpc) is 3.09. The fraction of sp³-hybridized carbons (Fsp3) is 0.500. The number of hydrogen-bond acceptors (Lipinski definition) is 6. The summed E-state index contributed by atoms with van der Waals surface area (Å²) in [4.78, 5) is 23.9. The third-order valence-corrected chi connectivity index (χ3v) is 5.43. The van der Waals surface area contributed by atoms with Crippen molar-refractivity contribution in [1.82, 2.24) is 19.9 Å². The molecule has 0 saturated carbocycles. The van der Waals surface area contributed by atoms with Crippen molar-refractivity contribution in [1.29, 1.82) is 0 Å². The minimum absolute atomic E-state index is 0.0601. The van der Waals surface area contributed by atoms with E-state index >= 15 is 0 Å². The van der Waals surface area contributed by atoms with Crippen LogP contribution in [0.3, 0.4) is 0 Å². The highest BCUT2D eigenvalue weighted by Gasteiger charge is 2.17. The van der Waals surface area contributed by atoms with Crippen molar-refractivity contribution in [3.8, 4) is 0 Å². The third kappa shape index (κ3) is 6.54. The Hall–Kier alpha value is -2.93. The molecule has 0 fully saturated rings. The average molecular weight is 451 g/mol. The number of pyridine rings is 1. The molecule has 1 aromatic carbocycles. The van der Waals surface area contributed by atoms with Crippen LogP contribution in [0.1, 0.15) is 51.4 Å². The Kier molecular flexibility index (Phi) is 8.44. The minimum Gasteiger partial charge on any atom is -0.356 e. The molecular formula is C26H38N6O. The van der Waals surface area contributed by atoms with Crippen LogP contribution in [0.2, 0.25) is 0 Å². The number of nitrogens with one attached hydrogen (secondary N) is 2. The maximum Gasteiger partial charge on any atom is 0.209 e. The number of rotatable bonds is 12. The summed E-state index contributed by atoms with van der Waals surface area (Å²) in [6.07, 6.45) is 0.966. The summed E-state index contributed by atoms with van der Waals surface area (Å²) in [5.74, 6) is 2.93. The Morgan fingerprint density at radius 1 is 1.00 bits per heavy atom. The number of aryl methyl sites for hydroxylation is 1. The number of aromatic nitrogens is 3. The lowest BCUT2D eigenvalue weighted by atomic mass is 10.1. The molecular weight excluding hydrogens is 412 g/mol. The molecule has 0 aliphatic carbocycles. The molecule has 0 aliphatic heterocycles. The number of imidazole rings is 1. The Balaban J connectivity index is 1.98. The molecule has 0 aliphatic rings. The molecule has 3 rings (SSSR count). The second kappa shape index (κ2) is 11.3. The van der Waals surface area contributed by atoms with E-state index in [-0.39, 0.29) is 5.78 Å². The fourth-order valence-electron chi connectivity index (χ4n) is 3.95. The van der Waals surface area contributed by atoms with Gasteiger partial charge in [-0.05, 0) is 75.2 Å². The van der Waals surface area contributed by atoms with Crippen LogP contribution in [0, 0.1) is 11.8 Å². The molecule has 0 atom stereocenters. The highest BCUT2D eigenvalue weighted by molar-refractivity contribution is 5.94. The van der Waals surface area contributed by atoms with E-state index < -0.39 is 0 Å². The minimum atomic E-state index is 0.0601. The summed E-state index contributed by atoms with van der Waals surface area (Å²) < 4.78 is 2.16. The summed E-state index contributed by atoms with van der Waals surface area (Å²) >= 11 is 0. The molecule has 33 heavy (non-hydrogen) atoms. The Bertz CT molecular complexity index is 1040. The van der Waals surface area contributed by atoms with Gasteiger partial charge in [0.15, 0.2) is 11.4 Å². The van der Waals surface area contributed by atoms with Crippen LogP contribution in [-0.4, -0.2) is 47.0 Å². The van der Waals surface area contributed by atoms with Crippen LogP contribution >= 0.6 is 0 Å². The van der Waals surface area contributed by atoms with E-state index in [2.05, 4.69) is 59.9 Å². The van der Waals surface area contributed by atoms with Gasteiger partial charge in [0, 0.05) is 30.9 Å². The van der Waals surface area contributed by atoms with Gasteiger partial charge in [-0.25, -0.2) is 9.97 Å². The maximum absolute atomic E-state index is 11.6. The summed E-state index contributed by atoms with van der Waals surface area (Å²) in [5, 5.41) is 6.66. The monoisotopic (exact) mass is 450 g/mol. The predicted molar refractivity (Wildman–Crippen MR) is 138 cm³/mol. The van der Waals surface area contributed by atoms with Gasteiger partial charge in [0.1, 0.15) is 11.3 Å². The van der Waals surface area contributed by atoms with Crippen molar-refractivity contribution in [2.75, 3.05) is 36.9 Å². The zero-order valence-corrected chi connectivity index (χ0v) is 20.9. The molecule has 178 valence electrons. The van der Waals surface area contributed by atoms with Crippen LogP contribution in [0.5, 0.6) is 0 Å². The lowest BCUT2D eigenvalue weighted by Gasteiger charge is -2.27. The molecule has 7 nitrogen and oxygen atoms in total. The van der Waals surface area contributed by atoms with Gasteiger partial charge in [-0.3, -0.25) is 9.36 Å². The second-order valence-electron chi connectivity index (χ2n) is 9.51. The van der Waals surface area contributed by atoms with E-state index in [1.165, 1.54) is 0 Å². The number of carbonyl (C=O) groups is 1. The summed E-state index contributed by atoms with van der Waals surface area (Å²) in [7, 11) is 1.97. The molecule has 0 amide bonds. The SMILES string of the molecule is CNCCCn1c(Nc2ccc(C(C)=O)cc2)nc2ccc(N(CC(C)C)CC(C)C)nc21. The first kappa shape index (κ1) is 24.7. The first-order chi connectivity index (χ1) is 15.8. The largest absolute Gasteiger partial charge is 0.356 e. The number of carbonyl (C=O) groups excluding carboxylic acids is 1. The highest BCUT2D eigenvalue weighted by Crippen LogP contribution is 2.26. The number of ketones is 1. The molecule has 3 aromatic rings. The number of Topliss-reactive ketones (excluding diaryl/α,β-unsaturated/α-hetero) is 1. The van der Waals surface area contributed by atoms with E-state index in [1.54, 1.807) is 6.92 Å². The van der Waals surface area contributed by atoms with Gasteiger partial charge in [0.25, 0.3) is 0 Å². The van der Waals surface area contributed by atoms with E-state index in [4.69, 9.17) is 9.97 Å². The number of fused-ring (bicyclic) bond motifs is 1. The van der Waals surface area contributed by atoms with Crippen molar-refractivity contribution < 1.29 is 4.79 Å². The number of hydrogen-bond donors (Lipinski definition) is 2. The lowest BCUT2D eigenvalue weighted by Crippen LogP contribution is -2.32. The first-order valence-electron chi connectivity index (χ1n) is 11.9. The van der Waals surface area contributed by atoms with Crippen molar-refractivity contribution in [2.45, 2.75) is 47.6 Å². The van der Waals surface area contributed by atoms with Gasteiger partial charge in [-0.15, -0.1) is 0 Å². The smallest absolute Gasteiger partial charge is 0.209 e. The summed E-state index contributed by atoms with van der Waals surface area (Å²) in [5.41, 5.74) is 3.36. The van der Waals surface area contributed by atoms with Crippen LogP contribution in [-0.2, 0) is 6.54 Å². The molecule has 0 radical (unpaired) electrons. The number of anilines is 3.